The van der Waals surface area contributed by atoms with Crippen LogP contribution in [-0.2, 0) is 11.4 Å². The summed E-state index contributed by atoms with van der Waals surface area (Å²) in [5, 5.41) is 0. The van der Waals surface area contributed by atoms with Crippen molar-refractivity contribution in [3.05, 3.63) is 95.6 Å². The maximum absolute atomic E-state index is 12.6. The lowest BCUT2D eigenvalue weighted by atomic mass is 10.2. The lowest BCUT2D eigenvalue weighted by Crippen LogP contribution is -2.47. The van der Waals surface area contributed by atoms with Gasteiger partial charge >= 0.3 is 0 Å². The fourth-order valence-corrected chi connectivity index (χ4v) is 2.68. The van der Waals surface area contributed by atoms with Crippen molar-refractivity contribution in [3.63, 3.8) is 0 Å². The molecule has 0 bridgehead atoms. The number of hydrogen-bond acceptors (Lipinski definition) is 4. The van der Waals surface area contributed by atoms with Crippen molar-refractivity contribution in [2.24, 2.45) is 0 Å². The average Bonchev–Trinajstić information content (AvgIpc) is 2.78. The van der Waals surface area contributed by atoms with Crippen LogP contribution in [0.25, 0.3) is 0 Å². The number of ether oxygens (including phenoxy) is 2. The van der Waals surface area contributed by atoms with Gasteiger partial charge in [-0.05, 0) is 43.7 Å². The maximum Gasteiger partial charge on any atom is 0.279 e. The van der Waals surface area contributed by atoms with Gasteiger partial charge in [0.1, 0.15) is 18.1 Å². The number of hydrazine groups is 1. The summed E-state index contributed by atoms with van der Waals surface area (Å²) < 4.78 is 11.4. The van der Waals surface area contributed by atoms with Crippen LogP contribution >= 0.6 is 0 Å². The molecule has 6 nitrogen and oxygen atoms in total. The standard InChI is InChI=1S/C24H24N2O4/c1-17-12-14-20(15-13-17)30-18(2)23(27)25-26-24(28)21-10-6-7-11-22(21)29-16-19-8-4-3-5-9-19/h3-15,18H,16H2,1-2H3,(H,25,27)(H,26,28)/t18-/m0/s1. The molecule has 0 saturated heterocycles. The molecule has 30 heavy (non-hydrogen) atoms. The van der Waals surface area contributed by atoms with Gasteiger partial charge in [-0.2, -0.15) is 0 Å². The van der Waals surface area contributed by atoms with Gasteiger partial charge in [0.2, 0.25) is 0 Å². The second kappa shape index (κ2) is 10.1. The Bertz CT molecular complexity index is 988. The van der Waals surface area contributed by atoms with Gasteiger partial charge in [-0.1, -0.05) is 60.2 Å². The fraction of sp³-hybridized carbons (Fsp3) is 0.167. The second-order valence-electron chi connectivity index (χ2n) is 6.79. The molecular weight excluding hydrogens is 380 g/mol. The summed E-state index contributed by atoms with van der Waals surface area (Å²) in [7, 11) is 0. The Hall–Kier alpha value is -3.80. The Morgan fingerprint density at radius 3 is 2.27 bits per heavy atom. The largest absolute Gasteiger partial charge is 0.488 e. The van der Waals surface area contributed by atoms with Crippen LogP contribution in [0.5, 0.6) is 11.5 Å². The Balaban J connectivity index is 1.55. The molecule has 0 aromatic heterocycles. The number of aryl methyl sites for hydroxylation is 1. The smallest absolute Gasteiger partial charge is 0.279 e. The Kier molecular flexibility index (Phi) is 7.05. The zero-order chi connectivity index (χ0) is 21.3. The normalized spacial score (nSPS) is 11.3. The van der Waals surface area contributed by atoms with Crippen LogP contribution in [0, 0.1) is 6.92 Å². The molecule has 0 spiro atoms. The predicted octanol–water partition coefficient (Wildman–Crippen LogP) is 3.80. The van der Waals surface area contributed by atoms with Gasteiger partial charge in [0, 0.05) is 0 Å². The molecule has 0 radical (unpaired) electrons. The van der Waals surface area contributed by atoms with E-state index in [1.165, 1.54) is 0 Å². The monoisotopic (exact) mass is 404 g/mol. The minimum Gasteiger partial charge on any atom is -0.488 e. The van der Waals surface area contributed by atoms with Crippen molar-refractivity contribution in [2.75, 3.05) is 0 Å². The summed E-state index contributed by atoms with van der Waals surface area (Å²) in [4.78, 5) is 24.8. The number of hydrogen-bond donors (Lipinski definition) is 2. The van der Waals surface area contributed by atoms with Crippen LogP contribution < -0.4 is 20.3 Å². The van der Waals surface area contributed by atoms with Crippen molar-refractivity contribution in [3.8, 4) is 11.5 Å². The zero-order valence-corrected chi connectivity index (χ0v) is 16.9. The number of rotatable bonds is 7. The van der Waals surface area contributed by atoms with Crippen molar-refractivity contribution in [1.29, 1.82) is 0 Å². The molecule has 3 aromatic rings. The number of amides is 2. The van der Waals surface area contributed by atoms with E-state index in [9.17, 15) is 9.59 Å². The number of carbonyl (C=O) groups is 2. The van der Waals surface area contributed by atoms with Crippen molar-refractivity contribution in [1.82, 2.24) is 10.9 Å². The first-order valence-corrected chi connectivity index (χ1v) is 9.62. The second-order valence-corrected chi connectivity index (χ2v) is 6.79. The van der Waals surface area contributed by atoms with Crippen LogP contribution in [0.15, 0.2) is 78.9 Å². The topological polar surface area (TPSA) is 76.7 Å². The molecule has 2 N–H and O–H groups in total. The van der Waals surface area contributed by atoms with E-state index in [2.05, 4.69) is 10.9 Å². The van der Waals surface area contributed by atoms with Crippen LogP contribution in [-0.4, -0.2) is 17.9 Å². The average molecular weight is 404 g/mol. The first-order chi connectivity index (χ1) is 14.5. The lowest BCUT2D eigenvalue weighted by Gasteiger charge is -2.16. The number of nitrogens with one attached hydrogen (secondary N) is 2. The third-order valence-corrected chi connectivity index (χ3v) is 4.37. The SMILES string of the molecule is Cc1ccc(O[C@@H](C)C(=O)NNC(=O)c2ccccc2OCc2ccccc2)cc1. The van der Waals surface area contributed by atoms with E-state index in [1.807, 2.05) is 49.4 Å². The highest BCUT2D eigenvalue weighted by Gasteiger charge is 2.17. The lowest BCUT2D eigenvalue weighted by molar-refractivity contribution is -0.128. The molecule has 0 aliphatic carbocycles. The molecule has 1 atom stereocenters. The summed E-state index contributed by atoms with van der Waals surface area (Å²) in [5.41, 5.74) is 7.22. The van der Waals surface area contributed by atoms with Gasteiger partial charge in [-0.15, -0.1) is 0 Å². The molecule has 6 heteroatoms. The number of carbonyl (C=O) groups excluding carboxylic acids is 2. The van der Waals surface area contributed by atoms with Gasteiger partial charge in [-0.25, -0.2) is 0 Å². The molecule has 154 valence electrons. The van der Waals surface area contributed by atoms with Gasteiger partial charge in [0.25, 0.3) is 11.8 Å². The first-order valence-electron chi connectivity index (χ1n) is 9.62. The third-order valence-electron chi connectivity index (χ3n) is 4.37. The summed E-state index contributed by atoms with van der Waals surface area (Å²) in [6.45, 7) is 3.91. The Morgan fingerprint density at radius 2 is 1.53 bits per heavy atom. The van der Waals surface area contributed by atoms with Crippen molar-refractivity contribution >= 4 is 11.8 Å². The van der Waals surface area contributed by atoms with E-state index < -0.39 is 17.9 Å². The molecule has 0 saturated carbocycles. The van der Waals surface area contributed by atoms with Crippen LogP contribution in [0.2, 0.25) is 0 Å². The quantitative estimate of drug-likeness (QED) is 0.587. The number of para-hydroxylation sites is 1. The van der Waals surface area contributed by atoms with Gasteiger partial charge in [0.15, 0.2) is 6.10 Å². The molecular formula is C24H24N2O4. The van der Waals surface area contributed by atoms with E-state index >= 15 is 0 Å². The summed E-state index contributed by atoms with van der Waals surface area (Å²) >= 11 is 0. The summed E-state index contributed by atoms with van der Waals surface area (Å²) in [6.07, 6.45) is -0.780. The highest BCUT2D eigenvalue weighted by molar-refractivity contribution is 5.98. The molecule has 2 amide bonds. The van der Waals surface area contributed by atoms with E-state index in [4.69, 9.17) is 9.47 Å². The maximum atomic E-state index is 12.6. The van der Waals surface area contributed by atoms with E-state index in [0.717, 1.165) is 11.1 Å². The molecule has 0 unspecified atom stereocenters. The summed E-state index contributed by atoms with van der Waals surface area (Å²) in [6, 6.07) is 23.9. The number of benzene rings is 3. The molecule has 0 heterocycles. The van der Waals surface area contributed by atoms with Crippen LogP contribution in [0.3, 0.4) is 0 Å². The predicted molar refractivity (Wildman–Crippen MR) is 114 cm³/mol. The molecule has 3 aromatic carbocycles. The van der Waals surface area contributed by atoms with Gasteiger partial charge < -0.3 is 9.47 Å². The highest BCUT2D eigenvalue weighted by atomic mass is 16.5. The Labute approximate surface area is 175 Å². The Morgan fingerprint density at radius 1 is 0.867 bits per heavy atom. The molecule has 0 aliphatic heterocycles. The fourth-order valence-electron chi connectivity index (χ4n) is 2.68. The molecule has 0 aliphatic rings. The highest BCUT2D eigenvalue weighted by Crippen LogP contribution is 2.19. The molecule has 0 fully saturated rings. The van der Waals surface area contributed by atoms with E-state index in [1.54, 1.807) is 43.3 Å². The van der Waals surface area contributed by atoms with Gasteiger partial charge in [-0.3, -0.25) is 20.4 Å². The van der Waals surface area contributed by atoms with E-state index in [0.29, 0.717) is 23.7 Å². The molecule has 3 rings (SSSR count). The van der Waals surface area contributed by atoms with E-state index in [-0.39, 0.29) is 0 Å². The van der Waals surface area contributed by atoms with Gasteiger partial charge in [0.05, 0.1) is 5.56 Å². The van der Waals surface area contributed by atoms with Crippen molar-refractivity contribution in [2.45, 2.75) is 26.6 Å². The van der Waals surface area contributed by atoms with Crippen LogP contribution in [0.1, 0.15) is 28.4 Å². The zero-order valence-electron chi connectivity index (χ0n) is 16.9. The van der Waals surface area contributed by atoms with Crippen molar-refractivity contribution < 1.29 is 19.1 Å². The van der Waals surface area contributed by atoms with Crippen LogP contribution in [0.4, 0.5) is 0 Å². The minimum absolute atomic E-state index is 0.320. The summed E-state index contributed by atoms with van der Waals surface area (Å²) in [5.74, 6) is 0.0625. The first kappa shape index (κ1) is 20.9. The minimum atomic E-state index is -0.780. The third kappa shape index (κ3) is 5.85.